The fraction of sp³-hybridized carbons (Fsp3) is 0.346. The molecule has 54 heavy (non-hydrogen) atoms. The second kappa shape index (κ2) is 22.4. The van der Waals surface area contributed by atoms with Crippen molar-refractivity contribution in [2.45, 2.75) is 118 Å². The van der Waals surface area contributed by atoms with Gasteiger partial charge in [-0.15, -0.1) is 0 Å². The van der Waals surface area contributed by atoms with E-state index in [1.807, 2.05) is 104 Å². The zero-order chi connectivity index (χ0) is 39.4. The minimum Gasteiger partial charge on any atom is -0.298 e. The summed E-state index contributed by atoms with van der Waals surface area (Å²) < 4.78 is 0. The highest BCUT2D eigenvalue weighted by Gasteiger charge is 2.51. The molecule has 4 aliphatic carbocycles. The lowest BCUT2D eigenvalue weighted by atomic mass is 9.87. The average Bonchev–Trinajstić information content (AvgIpc) is 4.17. The van der Waals surface area contributed by atoms with Gasteiger partial charge in [0.05, 0.1) is 10.8 Å². The van der Waals surface area contributed by atoms with Gasteiger partial charge in [-0.1, -0.05) is 212 Å². The Hall–Kier alpha value is -4.82. The minimum absolute atomic E-state index is 0.197. The van der Waals surface area contributed by atoms with Crippen molar-refractivity contribution in [1.29, 1.82) is 0 Å². The molecule has 0 radical (unpaired) electrons. The van der Waals surface area contributed by atoms with Gasteiger partial charge < -0.3 is 0 Å². The van der Waals surface area contributed by atoms with Gasteiger partial charge in [0.15, 0.2) is 0 Å². The highest BCUT2D eigenvalue weighted by atomic mass is 16.1. The maximum absolute atomic E-state index is 12.9. The average molecular weight is 721 g/mol. The van der Waals surface area contributed by atoms with E-state index in [-0.39, 0.29) is 10.8 Å². The van der Waals surface area contributed by atoms with Gasteiger partial charge in [-0.3, -0.25) is 9.59 Å². The van der Waals surface area contributed by atoms with Gasteiger partial charge in [-0.2, -0.15) is 0 Å². The molecule has 2 fully saturated rings. The largest absolute Gasteiger partial charge is 0.298 e. The second-order valence-electron chi connectivity index (χ2n) is 13.2. The molecule has 4 aromatic carbocycles. The van der Waals surface area contributed by atoms with Crippen LogP contribution in [0.5, 0.6) is 0 Å². The number of benzene rings is 4. The monoisotopic (exact) mass is 720 g/mol. The fourth-order valence-electron chi connectivity index (χ4n) is 7.06. The second-order valence-corrected chi connectivity index (χ2v) is 13.2. The van der Waals surface area contributed by atoms with Gasteiger partial charge in [0.25, 0.3) is 0 Å². The maximum Gasteiger partial charge on any atom is 0.147 e. The van der Waals surface area contributed by atoms with Crippen LogP contribution in [0.15, 0.2) is 157 Å². The first-order valence-corrected chi connectivity index (χ1v) is 20.6. The Morgan fingerprint density at radius 1 is 0.481 bits per heavy atom. The molecule has 0 amide bonds. The molecule has 0 atom stereocenters. The summed E-state index contributed by atoms with van der Waals surface area (Å²) in [4.78, 5) is 25.7. The third kappa shape index (κ3) is 11.1. The summed E-state index contributed by atoms with van der Waals surface area (Å²) in [6, 6.07) is 41.4. The number of carbonyl (C=O) groups excluding carboxylic acids is 2. The van der Waals surface area contributed by atoms with Crippen molar-refractivity contribution in [1.82, 2.24) is 0 Å². The van der Waals surface area contributed by atoms with E-state index in [2.05, 4.69) is 97.1 Å². The molecule has 4 aliphatic rings. The van der Waals surface area contributed by atoms with Crippen LogP contribution in [0, 0.1) is 0 Å². The molecule has 2 heteroatoms. The summed E-state index contributed by atoms with van der Waals surface area (Å²) in [7, 11) is 0. The van der Waals surface area contributed by atoms with Crippen molar-refractivity contribution < 1.29 is 9.59 Å². The Labute approximate surface area is 327 Å². The molecule has 0 heterocycles. The molecule has 0 unspecified atom stereocenters. The smallest absolute Gasteiger partial charge is 0.147 e. The van der Waals surface area contributed by atoms with Crippen LogP contribution in [-0.2, 0) is 20.4 Å². The molecule has 0 saturated heterocycles. The van der Waals surface area contributed by atoms with Gasteiger partial charge in [-0.05, 0) is 71.9 Å². The number of hydrogen-bond donors (Lipinski definition) is 0. The van der Waals surface area contributed by atoms with Gasteiger partial charge in [0, 0.05) is 12.8 Å². The van der Waals surface area contributed by atoms with Crippen LogP contribution in [0.4, 0.5) is 0 Å². The zero-order valence-electron chi connectivity index (χ0n) is 34.3. The van der Waals surface area contributed by atoms with Gasteiger partial charge >= 0.3 is 0 Å². The van der Waals surface area contributed by atoms with Crippen molar-refractivity contribution in [2.75, 3.05) is 0 Å². The molecule has 4 aromatic rings. The first-order chi connectivity index (χ1) is 26.6. The predicted molar refractivity (Wildman–Crippen MR) is 234 cm³/mol. The molecule has 0 aromatic heterocycles. The van der Waals surface area contributed by atoms with Crippen LogP contribution in [-0.4, -0.2) is 11.6 Å². The van der Waals surface area contributed by atoms with E-state index in [9.17, 15) is 9.59 Å². The molecule has 0 aliphatic heterocycles. The third-order valence-electron chi connectivity index (χ3n) is 10.1. The zero-order valence-corrected chi connectivity index (χ0v) is 34.3. The van der Waals surface area contributed by atoms with Crippen molar-refractivity contribution in [3.8, 4) is 0 Å². The molecule has 2 nitrogen and oxygen atoms in total. The SMILES string of the molecule is CC.CC.CC.CC.O=C(CC1=CC(c2ccccc2)=CC1)C1(c2ccccc2)CC1.O=C(CC1=CC=C(c2ccccc2)C1)C1(c2ccccc2)CC1. The predicted octanol–water partition coefficient (Wildman–Crippen LogP) is 14.3. The van der Waals surface area contributed by atoms with E-state index < -0.39 is 0 Å². The van der Waals surface area contributed by atoms with Crippen LogP contribution in [0.1, 0.15) is 129 Å². The summed E-state index contributed by atoms with van der Waals surface area (Å²) in [6.07, 6.45) is 15.7. The van der Waals surface area contributed by atoms with Crippen LogP contribution in [0.25, 0.3) is 11.1 Å². The normalized spacial score (nSPS) is 16.0. The van der Waals surface area contributed by atoms with Gasteiger partial charge in [-0.25, -0.2) is 0 Å². The standard InChI is InChI=1S/2C22H20O.4C2H6/c2*23-21(22(13-14-22)20-9-5-2-6-10-20)16-17-11-12-19(15-17)18-7-3-1-4-8-18;4*1-2/h1-10,12,15H,11,13-14,16H2;1-12H,13-16H2;4*1-2H3. The van der Waals surface area contributed by atoms with E-state index in [0.29, 0.717) is 24.4 Å². The van der Waals surface area contributed by atoms with Crippen molar-refractivity contribution in [2.24, 2.45) is 0 Å². The molecule has 8 rings (SSSR count). The number of rotatable bonds is 10. The van der Waals surface area contributed by atoms with E-state index in [0.717, 1.165) is 38.5 Å². The molecular weight excluding hydrogens is 657 g/mol. The van der Waals surface area contributed by atoms with Crippen molar-refractivity contribution >= 4 is 22.7 Å². The molecule has 0 N–H and O–H groups in total. The van der Waals surface area contributed by atoms with Gasteiger partial charge in [0.1, 0.15) is 11.6 Å². The first kappa shape index (κ1) is 43.6. The molecule has 2 saturated carbocycles. The number of hydrogen-bond acceptors (Lipinski definition) is 2. The van der Waals surface area contributed by atoms with Crippen LogP contribution in [0.3, 0.4) is 0 Å². The quantitative estimate of drug-likeness (QED) is 0.163. The lowest BCUT2D eigenvalue weighted by Crippen LogP contribution is -2.20. The summed E-state index contributed by atoms with van der Waals surface area (Å²) in [5, 5.41) is 0. The summed E-state index contributed by atoms with van der Waals surface area (Å²) in [5.41, 5.74) is 9.55. The Morgan fingerprint density at radius 2 is 0.870 bits per heavy atom. The summed E-state index contributed by atoms with van der Waals surface area (Å²) >= 11 is 0. The fourth-order valence-corrected chi connectivity index (χ4v) is 7.06. The lowest BCUT2D eigenvalue weighted by molar-refractivity contribution is -0.121. The highest BCUT2D eigenvalue weighted by molar-refractivity contribution is 5.96. The van der Waals surface area contributed by atoms with Crippen LogP contribution in [0.2, 0.25) is 0 Å². The first-order valence-electron chi connectivity index (χ1n) is 20.6. The Bertz CT molecular complexity index is 1830. The maximum atomic E-state index is 12.9. The highest BCUT2D eigenvalue weighted by Crippen LogP contribution is 2.51. The molecule has 284 valence electrons. The minimum atomic E-state index is -0.197. The number of carbonyl (C=O) groups is 2. The number of allylic oxidation sites excluding steroid dienone is 8. The van der Waals surface area contributed by atoms with Crippen molar-refractivity contribution in [3.05, 3.63) is 179 Å². The third-order valence-corrected chi connectivity index (χ3v) is 10.1. The van der Waals surface area contributed by atoms with E-state index in [1.165, 1.54) is 44.5 Å². The van der Waals surface area contributed by atoms with Gasteiger partial charge in [0.2, 0.25) is 0 Å². The Morgan fingerprint density at radius 3 is 1.30 bits per heavy atom. The number of Topliss-reactive ketones (excluding diaryl/α,β-unsaturated/α-hetero) is 2. The molecule has 0 bridgehead atoms. The molecular formula is C52H64O2. The van der Waals surface area contributed by atoms with E-state index >= 15 is 0 Å². The van der Waals surface area contributed by atoms with Crippen LogP contribution >= 0.6 is 0 Å². The van der Waals surface area contributed by atoms with Crippen LogP contribution < -0.4 is 0 Å². The number of ketones is 2. The van der Waals surface area contributed by atoms with E-state index in [1.54, 1.807) is 0 Å². The van der Waals surface area contributed by atoms with Crippen molar-refractivity contribution in [3.63, 3.8) is 0 Å². The topological polar surface area (TPSA) is 34.1 Å². The lowest BCUT2D eigenvalue weighted by Gasteiger charge is -2.15. The summed E-state index contributed by atoms with van der Waals surface area (Å²) in [5.74, 6) is 0.773. The Balaban J connectivity index is 0.000000246. The Kier molecular flexibility index (Phi) is 18.1. The molecule has 0 spiro atoms. The summed E-state index contributed by atoms with van der Waals surface area (Å²) in [6.45, 7) is 16.0. The van der Waals surface area contributed by atoms with E-state index in [4.69, 9.17) is 0 Å².